The Morgan fingerprint density at radius 3 is 2.57 bits per heavy atom. The minimum Gasteiger partial charge on any atom is -0.665 e. The molecule has 2 aromatic carbocycles. The highest BCUT2D eigenvalue weighted by Crippen LogP contribution is 2.15. The summed E-state index contributed by atoms with van der Waals surface area (Å²) in [6, 6.07) is 15.1. The van der Waals surface area contributed by atoms with Gasteiger partial charge in [-0.1, -0.05) is 42.5 Å². The number of fused-ring (bicyclic) bond motifs is 1. The fourth-order valence-corrected chi connectivity index (χ4v) is 1.64. The van der Waals surface area contributed by atoms with Gasteiger partial charge in [0, 0.05) is 0 Å². The van der Waals surface area contributed by atoms with Crippen LogP contribution in [0.3, 0.4) is 0 Å². The normalized spacial score (nSPS) is 10.6. The van der Waals surface area contributed by atoms with Gasteiger partial charge < -0.3 is 5.32 Å². The van der Waals surface area contributed by atoms with Gasteiger partial charge in [-0.05, 0) is 22.8 Å². The van der Waals surface area contributed by atoms with Crippen molar-refractivity contribution in [1.82, 2.24) is 0 Å². The van der Waals surface area contributed by atoms with Crippen LogP contribution in [0.15, 0.2) is 42.5 Å². The number of likely N-dealkylation sites (N-methyl/N-ethyl adjacent to an activating group) is 1. The van der Waals surface area contributed by atoms with E-state index in [9.17, 15) is 0 Å². The second-order valence-electron chi connectivity index (χ2n) is 3.47. The number of rotatable bonds is 3. The molecule has 0 unspecified atom stereocenters. The van der Waals surface area contributed by atoms with Crippen molar-refractivity contribution in [2.24, 2.45) is 0 Å². The van der Waals surface area contributed by atoms with E-state index in [0.717, 1.165) is 13.0 Å². The first kappa shape index (κ1) is 9.22. The van der Waals surface area contributed by atoms with Crippen LogP contribution in [0.1, 0.15) is 5.56 Å². The molecular weight excluding hydrogens is 170 g/mol. The summed E-state index contributed by atoms with van der Waals surface area (Å²) in [7, 11) is 1.86. The molecular formula is C13H14N-. The molecule has 2 aromatic rings. The Bertz CT molecular complexity index is 420. The zero-order chi connectivity index (χ0) is 9.80. The highest BCUT2D eigenvalue weighted by Gasteiger charge is 1.93. The molecule has 0 aromatic heterocycles. The average molecular weight is 184 g/mol. The Morgan fingerprint density at radius 2 is 1.79 bits per heavy atom. The van der Waals surface area contributed by atoms with Crippen molar-refractivity contribution >= 4 is 10.8 Å². The van der Waals surface area contributed by atoms with Crippen LogP contribution in [0.5, 0.6) is 0 Å². The maximum Gasteiger partial charge on any atom is -0.0181 e. The van der Waals surface area contributed by atoms with Crippen molar-refractivity contribution < 1.29 is 0 Å². The molecule has 0 amide bonds. The molecule has 0 saturated carbocycles. The smallest absolute Gasteiger partial charge is 0.0181 e. The third-order valence-corrected chi connectivity index (χ3v) is 2.44. The van der Waals surface area contributed by atoms with E-state index >= 15 is 0 Å². The van der Waals surface area contributed by atoms with Gasteiger partial charge in [0.05, 0.1) is 0 Å². The quantitative estimate of drug-likeness (QED) is 0.694. The predicted octanol–water partition coefficient (Wildman–Crippen LogP) is 3.39. The Hall–Kier alpha value is -1.34. The van der Waals surface area contributed by atoms with E-state index in [1.807, 2.05) is 7.05 Å². The van der Waals surface area contributed by atoms with E-state index in [2.05, 4.69) is 47.8 Å². The van der Waals surface area contributed by atoms with Crippen molar-refractivity contribution in [3.63, 3.8) is 0 Å². The summed E-state index contributed by atoms with van der Waals surface area (Å²) in [6.45, 7) is 0.915. The third-order valence-electron chi connectivity index (χ3n) is 2.44. The zero-order valence-corrected chi connectivity index (χ0v) is 8.40. The van der Waals surface area contributed by atoms with Crippen LogP contribution in [0.4, 0.5) is 0 Å². The SMILES string of the molecule is C[N-]CCc1ccc2ccccc2c1. The Labute approximate surface area is 84.8 Å². The molecule has 0 N–H and O–H groups in total. The Balaban J connectivity index is 2.32. The first-order valence-corrected chi connectivity index (χ1v) is 4.93. The molecule has 0 atom stereocenters. The van der Waals surface area contributed by atoms with Crippen LogP contribution in [-0.2, 0) is 6.42 Å². The fraction of sp³-hybridized carbons (Fsp3) is 0.231. The number of hydrogen-bond donors (Lipinski definition) is 0. The van der Waals surface area contributed by atoms with Gasteiger partial charge in [-0.15, -0.1) is 6.54 Å². The molecule has 0 aliphatic rings. The van der Waals surface area contributed by atoms with Gasteiger partial charge in [0.25, 0.3) is 0 Å². The van der Waals surface area contributed by atoms with Crippen LogP contribution >= 0.6 is 0 Å². The molecule has 0 aliphatic carbocycles. The highest BCUT2D eigenvalue weighted by molar-refractivity contribution is 5.82. The molecule has 0 fully saturated rings. The standard InChI is InChI=1S/C13H14N/c1-14-9-8-11-6-7-12-4-2-3-5-13(12)10-11/h2-7,10H,8-9H2,1H3/q-1. The summed E-state index contributed by atoms with van der Waals surface area (Å²) in [5, 5.41) is 6.74. The molecule has 14 heavy (non-hydrogen) atoms. The van der Waals surface area contributed by atoms with E-state index in [1.54, 1.807) is 0 Å². The lowest BCUT2D eigenvalue weighted by Gasteiger charge is -2.10. The van der Waals surface area contributed by atoms with Gasteiger partial charge >= 0.3 is 0 Å². The molecule has 0 aliphatic heterocycles. The first-order valence-electron chi connectivity index (χ1n) is 4.93. The summed E-state index contributed by atoms with van der Waals surface area (Å²) in [4.78, 5) is 0. The van der Waals surface area contributed by atoms with Gasteiger partial charge in [-0.2, -0.15) is 7.05 Å². The lowest BCUT2D eigenvalue weighted by molar-refractivity contribution is 1.05. The minimum absolute atomic E-state index is 0.915. The van der Waals surface area contributed by atoms with Gasteiger partial charge in [0.1, 0.15) is 0 Å². The summed E-state index contributed by atoms with van der Waals surface area (Å²) in [5.41, 5.74) is 1.37. The van der Waals surface area contributed by atoms with Crippen molar-refractivity contribution in [3.05, 3.63) is 53.3 Å². The number of nitrogens with zero attached hydrogens (tertiary/aromatic N) is 1. The molecule has 0 heterocycles. The lowest BCUT2D eigenvalue weighted by Crippen LogP contribution is -1.89. The minimum atomic E-state index is 0.915. The maximum absolute atomic E-state index is 4.11. The van der Waals surface area contributed by atoms with Crippen LogP contribution in [0.2, 0.25) is 0 Å². The molecule has 0 radical (unpaired) electrons. The van der Waals surface area contributed by atoms with Gasteiger partial charge in [-0.3, -0.25) is 0 Å². The van der Waals surface area contributed by atoms with E-state index < -0.39 is 0 Å². The van der Waals surface area contributed by atoms with Gasteiger partial charge in [-0.25, -0.2) is 0 Å². The monoisotopic (exact) mass is 184 g/mol. The third kappa shape index (κ3) is 1.94. The summed E-state index contributed by atoms with van der Waals surface area (Å²) in [6.07, 6.45) is 1.04. The van der Waals surface area contributed by atoms with E-state index in [0.29, 0.717) is 0 Å². The second kappa shape index (κ2) is 4.25. The summed E-state index contributed by atoms with van der Waals surface area (Å²) in [5.74, 6) is 0. The van der Waals surface area contributed by atoms with E-state index in [1.165, 1.54) is 16.3 Å². The summed E-state index contributed by atoms with van der Waals surface area (Å²) < 4.78 is 0. The first-order chi connectivity index (χ1) is 6.90. The molecule has 0 spiro atoms. The highest BCUT2D eigenvalue weighted by atomic mass is 14.8. The lowest BCUT2D eigenvalue weighted by atomic mass is 10.1. The maximum atomic E-state index is 4.11. The fourth-order valence-electron chi connectivity index (χ4n) is 1.64. The van der Waals surface area contributed by atoms with Gasteiger partial charge in [0.2, 0.25) is 0 Å². The predicted molar refractivity (Wildman–Crippen MR) is 61.8 cm³/mol. The average Bonchev–Trinajstić information content (AvgIpc) is 2.26. The van der Waals surface area contributed by atoms with E-state index in [4.69, 9.17) is 0 Å². The van der Waals surface area contributed by atoms with Crippen LogP contribution in [0, 0.1) is 0 Å². The van der Waals surface area contributed by atoms with Crippen molar-refractivity contribution in [1.29, 1.82) is 0 Å². The Kier molecular flexibility index (Phi) is 2.80. The summed E-state index contributed by atoms with van der Waals surface area (Å²) >= 11 is 0. The number of hydrogen-bond acceptors (Lipinski definition) is 0. The van der Waals surface area contributed by atoms with Crippen molar-refractivity contribution in [3.8, 4) is 0 Å². The molecule has 0 saturated heterocycles. The second-order valence-corrected chi connectivity index (χ2v) is 3.47. The van der Waals surface area contributed by atoms with Crippen LogP contribution in [-0.4, -0.2) is 13.6 Å². The van der Waals surface area contributed by atoms with E-state index in [-0.39, 0.29) is 0 Å². The molecule has 1 nitrogen and oxygen atoms in total. The number of benzene rings is 2. The molecule has 72 valence electrons. The van der Waals surface area contributed by atoms with Crippen molar-refractivity contribution in [2.45, 2.75) is 6.42 Å². The van der Waals surface area contributed by atoms with Crippen LogP contribution < -0.4 is 0 Å². The van der Waals surface area contributed by atoms with Gasteiger partial charge in [0.15, 0.2) is 0 Å². The molecule has 1 heteroatoms. The zero-order valence-electron chi connectivity index (χ0n) is 8.40. The van der Waals surface area contributed by atoms with Crippen molar-refractivity contribution in [2.75, 3.05) is 13.6 Å². The van der Waals surface area contributed by atoms with Crippen LogP contribution in [0.25, 0.3) is 16.1 Å². The largest absolute Gasteiger partial charge is 0.665 e. The molecule has 0 bridgehead atoms. The topological polar surface area (TPSA) is 14.1 Å². The Morgan fingerprint density at radius 1 is 1.00 bits per heavy atom. The molecule has 2 rings (SSSR count).